The van der Waals surface area contributed by atoms with Gasteiger partial charge in [0.2, 0.25) is 10.0 Å². The molecule has 1 aromatic rings. The van der Waals surface area contributed by atoms with E-state index in [4.69, 9.17) is 0 Å². The van der Waals surface area contributed by atoms with Crippen molar-refractivity contribution in [3.05, 3.63) is 18.5 Å². The van der Waals surface area contributed by atoms with Crippen LogP contribution in [-0.2, 0) is 10.0 Å². The van der Waals surface area contributed by atoms with Gasteiger partial charge in [-0.15, -0.1) is 0 Å². The summed E-state index contributed by atoms with van der Waals surface area (Å²) < 4.78 is 25.1. The molecule has 16 heavy (non-hydrogen) atoms. The molecule has 0 saturated heterocycles. The molecule has 6 heteroatoms. The van der Waals surface area contributed by atoms with Crippen LogP contribution in [0.15, 0.2) is 23.4 Å². The minimum Gasteiger partial charge on any atom is -0.384 e. The molecule has 0 aliphatic carbocycles. The fourth-order valence-electron chi connectivity index (χ4n) is 1.19. The van der Waals surface area contributed by atoms with E-state index in [1.165, 1.54) is 24.6 Å². The van der Waals surface area contributed by atoms with Crippen LogP contribution in [0.4, 0.5) is 5.69 Å². The Morgan fingerprint density at radius 3 is 2.69 bits per heavy atom. The largest absolute Gasteiger partial charge is 0.384 e. The molecule has 1 N–H and O–H groups in total. The maximum atomic E-state index is 12.0. The van der Waals surface area contributed by atoms with Gasteiger partial charge in [-0.1, -0.05) is 6.92 Å². The normalized spacial score (nSPS) is 11.8. The van der Waals surface area contributed by atoms with Crippen LogP contribution in [0, 0.1) is 0 Å². The lowest BCUT2D eigenvalue weighted by Crippen LogP contribution is -2.23. The number of rotatable bonds is 5. The molecule has 0 aromatic carbocycles. The molecule has 1 rings (SSSR count). The third-order valence-corrected chi connectivity index (χ3v) is 3.95. The zero-order chi connectivity index (χ0) is 12.2. The SMILES string of the molecule is CCCNc1ccncc1S(=O)(=O)N(C)C. The Bertz CT molecular complexity index is 443. The summed E-state index contributed by atoms with van der Waals surface area (Å²) >= 11 is 0. The van der Waals surface area contributed by atoms with Crippen molar-refractivity contribution >= 4 is 15.7 Å². The van der Waals surface area contributed by atoms with Crippen molar-refractivity contribution < 1.29 is 8.42 Å². The molecule has 5 nitrogen and oxygen atoms in total. The molecule has 0 aliphatic rings. The van der Waals surface area contributed by atoms with E-state index in [0.29, 0.717) is 5.69 Å². The maximum absolute atomic E-state index is 12.0. The summed E-state index contributed by atoms with van der Waals surface area (Å²) in [6.45, 7) is 2.76. The van der Waals surface area contributed by atoms with Crippen molar-refractivity contribution in [1.82, 2.24) is 9.29 Å². The Morgan fingerprint density at radius 1 is 1.44 bits per heavy atom. The number of nitrogens with zero attached hydrogens (tertiary/aromatic N) is 2. The van der Waals surface area contributed by atoms with Gasteiger partial charge in [0.1, 0.15) is 4.90 Å². The van der Waals surface area contributed by atoms with E-state index in [1.54, 1.807) is 12.3 Å². The molecule has 0 unspecified atom stereocenters. The van der Waals surface area contributed by atoms with Crippen LogP contribution in [0.2, 0.25) is 0 Å². The molecule has 90 valence electrons. The van der Waals surface area contributed by atoms with E-state index in [1.807, 2.05) is 6.92 Å². The van der Waals surface area contributed by atoms with E-state index < -0.39 is 10.0 Å². The van der Waals surface area contributed by atoms with Crippen LogP contribution in [0.5, 0.6) is 0 Å². The van der Waals surface area contributed by atoms with Gasteiger partial charge in [0, 0.05) is 33.0 Å². The number of hydrogen-bond acceptors (Lipinski definition) is 4. The zero-order valence-corrected chi connectivity index (χ0v) is 10.6. The van der Waals surface area contributed by atoms with Crippen molar-refractivity contribution in [2.24, 2.45) is 0 Å². The average molecular weight is 243 g/mol. The Labute approximate surface area is 96.5 Å². The Kier molecular flexibility index (Phi) is 4.26. The lowest BCUT2D eigenvalue weighted by Gasteiger charge is -2.15. The second-order valence-electron chi connectivity index (χ2n) is 3.59. The fraction of sp³-hybridized carbons (Fsp3) is 0.500. The topological polar surface area (TPSA) is 62.3 Å². The van der Waals surface area contributed by atoms with Gasteiger partial charge < -0.3 is 5.32 Å². The van der Waals surface area contributed by atoms with Crippen molar-refractivity contribution in [3.8, 4) is 0 Å². The summed E-state index contributed by atoms with van der Waals surface area (Å²) in [5, 5.41) is 3.08. The highest BCUT2D eigenvalue weighted by atomic mass is 32.2. The molecule has 0 saturated carbocycles. The van der Waals surface area contributed by atoms with Crippen molar-refractivity contribution in [2.75, 3.05) is 26.0 Å². The number of pyridine rings is 1. The summed E-state index contributed by atoms with van der Waals surface area (Å²) in [5.41, 5.74) is 0.602. The van der Waals surface area contributed by atoms with Gasteiger partial charge in [-0.05, 0) is 12.5 Å². The molecule has 1 heterocycles. The molecule has 0 radical (unpaired) electrons. The summed E-state index contributed by atoms with van der Waals surface area (Å²) in [6.07, 6.45) is 3.88. The first-order chi connectivity index (χ1) is 7.50. The number of sulfonamides is 1. The smallest absolute Gasteiger partial charge is 0.246 e. The van der Waals surface area contributed by atoms with Gasteiger partial charge in [0.05, 0.1) is 5.69 Å². The van der Waals surface area contributed by atoms with Gasteiger partial charge in [-0.25, -0.2) is 12.7 Å². The van der Waals surface area contributed by atoms with Gasteiger partial charge in [0.15, 0.2) is 0 Å². The van der Waals surface area contributed by atoms with Crippen molar-refractivity contribution in [3.63, 3.8) is 0 Å². The lowest BCUT2D eigenvalue weighted by molar-refractivity contribution is 0.520. The summed E-state index contributed by atoms with van der Waals surface area (Å²) in [7, 11) is -0.418. The van der Waals surface area contributed by atoms with E-state index in [-0.39, 0.29) is 4.90 Å². The second-order valence-corrected chi connectivity index (χ2v) is 5.71. The second kappa shape index (κ2) is 5.27. The van der Waals surface area contributed by atoms with Crippen molar-refractivity contribution in [1.29, 1.82) is 0 Å². The van der Waals surface area contributed by atoms with E-state index in [0.717, 1.165) is 13.0 Å². The van der Waals surface area contributed by atoms with Crippen LogP contribution in [0.1, 0.15) is 13.3 Å². The van der Waals surface area contributed by atoms with E-state index >= 15 is 0 Å². The zero-order valence-electron chi connectivity index (χ0n) is 9.77. The van der Waals surface area contributed by atoms with Crippen LogP contribution in [0.3, 0.4) is 0 Å². The summed E-state index contributed by atoms with van der Waals surface area (Å²) in [5.74, 6) is 0. The standard InChI is InChI=1S/C10H17N3O2S/c1-4-6-12-9-5-7-11-8-10(9)16(14,15)13(2)3/h5,7-8H,4,6H2,1-3H3,(H,11,12). The van der Waals surface area contributed by atoms with Crippen LogP contribution in [-0.4, -0.2) is 38.3 Å². The number of hydrogen-bond donors (Lipinski definition) is 1. The highest BCUT2D eigenvalue weighted by molar-refractivity contribution is 7.89. The molecule has 0 spiro atoms. The highest BCUT2D eigenvalue weighted by Gasteiger charge is 2.20. The van der Waals surface area contributed by atoms with Crippen LogP contribution in [0.25, 0.3) is 0 Å². The number of anilines is 1. The summed E-state index contributed by atoms with van der Waals surface area (Å²) in [4.78, 5) is 4.07. The van der Waals surface area contributed by atoms with Gasteiger partial charge in [-0.2, -0.15) is 0 Å². The molecule has 0 atom stereocenters. The highest BCUT2D eigenvalue weighted by Crippen LogP contribution is 2.21. The van der Waals surface area contributed by atoms with Gasteiger partial charge in [0.25, 0.3) is 0 Å². The van der Waals surface area contributed by atoms with Gasteiger partial charge in [-0.3, -0.25) is 4.98 Å². The fourth-order valence-corrected chi connectivity index (χ4v) is 2.19. The van der Waals surface area contributed by atoms with Crippen LogP contribution < -0.4 is 5.32 Å². The summed E-state index contributed by atoms with van der Waals surface area (Å²) in [6, 6.07) is 1.67. The molecular formula is C10H17N3O2S. The van der Waals surface area contributed by atoms with Crippen molar-refractivity contribution in [2.45, 2.75) is 18.2 Å². The molecule has 0 amide bonds. The first kappa shape index (κ1) is 12.9. The number of aromatic nitrogens is 1. The molecular weight excluding hydrogens is 226 g/mol. The third-order valence-electron chi connectivity index (χ3n) is 2.11. The van der Waals surface area contributed by atoms with Gasteiger partial charge >= 0.3 is 0 Å². The third kappa shape index (κ3) is 2.70. The van der Waals surface area contributed by atoms with E-state index in [9.17, 15) is 8.42 Å². The Balaban J connectivity index is 3.13. The average Bonchev–Trinajstić information content (AvgIpc) is 2.26. The lowest BCUT2D eigenvalue weighted by atomic mass is 10.4. The molecule has 0 bridgehead atoms. The Hall–Kier alpha value is -1.14. The maximum Gasteiger partial charge on any atom is 0.246 e. The number of nitrogens with one attached hydrogen (secondary N) is 1. The van der Waals surface area contributed by atoms with E-state index in [2.05, 4.69) is 10.3 Å². The quantitative estimate of drug-likeness (QED) is 0.842. The molecule has 0 aliphatic heterocycles. The Morgan fingerprint density at radius 2 is 2.12 bits per heavy atom. The van der Waals surface area contributed by atoms with Crippen LogP contribution >= 0.6 is 0 Å². The first-order valence-electron chi connectivity index (χ1n) is 5.10. The minimum absolute atomic E-state index is 0.216. The first-order valence-corrected chi connectivity index (χ1v) is 6.54. The monoisotopic (exact) mass is 243 g/mol. The predicted molar refractivity (Wildman–Crippen MR) is 63.9 cm³/mol. The predicted octanol–water partition coefficient (Wildman–Crippen LogP) is 1.15. The molecule has 0 fully saturated rings. The molecule has 1 aromatic heterocycles. The minimum atomic E-state index is -3.43.